The second kappa shape index (κ2) is 7.55. The first kappa shape index (κ1) is 17.3. The molecule has 2 aromatic carbocycles. The van der Waals surface area contributed by atoms with E-state index in [1.165, 1.54) is 12.1 Å². The summed E-state index contributed by atoms with van der Waals surface area (Å²) in [5.74, 6) is 1.21. The Hall–Kier alpha value is -2.56. The number of carbonyl (C=O) groups excluding carboxylic acids is 1. The van der Waals surface area contributed by atoms with Gasteiger partial charge < -0.3 is 14.4 Å². The van der Waals surface area contributed by atoms with Gasteiger partial charge in [0.15, 0.2) is 11.5 Å². The average molecular weight is 343 g/mol. The Kier molecular flexibility index (Phi) is 5.22. The zero-order chi connectivity index (χ0) is 17.8. The van der Waals surface area contributed by atoms with Crippen molar-refractivity contribution in [3.05, 3.63) is 59.4 Å². The van der Waals surface area contributed by atoms with Gasteiger partial charge in [-0.15, -0.1) is 0 Å². The van der Waals surface area contributed by atoms with E-state index in [1.54, 1.807) is 20.3 Å². The normalized spacial score (nSPS) is 17.0. The van der Waals surface area contributed by atoms with Crippen molar-refractivity contribution in [1.82, 2.24) is 4.90 Å². The van der Waals surface area contributed by atoms with Crippen LogP contribution in [0.4, 0.5) is 4.39 Å². The van der Waals surface area contributed by atoms with E-state index in [2.05, 4.69) is 0 Å². The van der Waals surface area contributed by atoms with Crippen molar-refractivity contribution in [1.29, 1.82) is 0 Å². The molecular weight excluding hydrogens is 321 g/mol. The first-order chi connectivity index (χ1) is 12.1. The summed E-state index contributed by atoms with van der Waals surface area (Å²) in [4.78, 5) is 14.1. The van der Waals surface area contributed by atoms with E-state index in [0.717, 1.165) is 24.0 Å². The number of nitrogens with zero attached hydrogens (tertiary/aromatic N) is 1. The van der Waals surface area contributed by atoms with Gasteiger partial charge >= 0.3 is 0 Å². The second-order valence-corrected chi connectivity index (χ2v) is 6.24. The van der Waals surface area contributed by atoms with Gasteiger partial charge in [0.2, 0.25) is 5.91 Å². The maximum Gasteiger partial charge on any atom is 0.223 e. The molecule has 1 aliphatic heterocycles. The van der Waals surface area contributed by atoms with Gasteiger partial charge in [0.05, 0.1) is 14.2 Å². The molecule has 1 atom stereocenters. The third-order valence-corrected chi connectivity index (χ3v) is 4.61. The molecule has 132 valence electrons. The molecule has 0 spiro atoms. The van der Waals surface area contributed by atoms with Crippen molar-refractivity contribution < 1.29 is 18.7 Å². The van der Waals surface area contributed by atoms with Gasteiger partial charge in [0.25, 0.3) is 0 Å². The first-order valence-corrected chi connectivity index (χ1v) is 8.35. The van der Waals surface area contributed by atoms with Crippen LogP contribution in [0.25, 0.3) is 0 Å². The number of methoxy groups -OCH3 is 2. The number of likely N-dealkylation sites (tertiary alicyclic amines) is 1. The summed E-state index contributed by atoms with van der Waals surface area (Å²) in [6.07, 6.45) is 2.08. The maximum absolute atomic E-state index is 13.4. The Morgan fingerprint density at radius 3 is 2.60 bits per heavy atom. The molecule has 2 aromatic rings. The molecule has 0 saturated carbocycles. The topological polar surface area (TPSA) is 38.8 Å². The molecule has 1 fully saturated rings. The molecule has 0 N–H and O–H groups in total. The number of ether oxygens (including phenoxy) is 2. The largest absolute Gasteiger partial charge is 0.493 e. The minimum Gasteiger partial charge on any atom is -0.493 e. The Labute approximate surface area is 147 Å². The van der Waals surface area contributed by atoms with Crippen molar-refractivity contribution in [2.24, 2.45) is 0 Å². The molecule has 3 rings (SSSR count). The Morgan fingerprint density at radius 2 is 1.88 bits per heavy atom. The fraction of sp³-hybridized carbons (Fsp3) is 0.350. The van der Waals surface area contributed by atoms with Gasteiger partial charge in [-0.05, 0) is 48.2 Å². The third kappa shape index (κ3) is 3.92. The lowest BCUT2D eigenvalue weighted by molar-refractivity contribution is -0.129. The molecule has 0 aliphatic carbocycles. The van der Waals surface area contributed by atoms with Crippen molar-refractivity contribution in [3.8, 4) is 11.5 Å². The van der Waals surface area contributed by atoms with Crippen LogP contribution < -0.4 is 9.47 Å². The van der Waals surface area contributed by atoms with E-state index in [1.807, 2.05) is 29.2 Å². The minimum atomic E-state index is -0.277. The summed E-state index contributed by atoms with van der Waals surface area (Å²) in [5.41, 5.74) is 1.90. The lowest BCUT2D eigenvalue weighted by Crippen LogP contribution is -2.33. The predicted octanol–water partition coefficient (Wildman–Crippen LogP) is 3.58. The minimum absolute atomic E-state index is 0.105. The summed E-state index contributed by atoms with van der Waals surface area (Å²) in [6.45, 7) is 0.439. The maximum atomic E-state index is 13.4. The highest BCUT2D eigenvalue weighted by atomic mass is 19.1. The third-order valence-electron chi connectivity index (χ3n) is 4.61. The number of benzene rings is 2. The Morgan fingerprint density at radius 1 is 1.08 bits per heavy atom. The number of hydrogen-bond acceptors (Lipinski definition) is 3. The van der Waals surface area contributed by atoms with Gasteiger partial charge in [-0.3, -0.25) is 4.79 Å². The van der Waals surface area contributed by atoms with E-state index < -0.39 is 0 Å². The fourth-order valence-corrected chi connectivity index (χ4v) is 3.33. The Balaban J connectivity index is 1.75. The van der Waals surface area contributed by atoms with Gasteiger partial charge in [-0.1, -0.05) is 18.2 Å². The van der Waals surface area contributed by atoms with Gasteiger partial charge in [-0.25, -0.2) is 4.39 Å². The van der Waals surface area contributed by atoms with Crippen molar-refractivity contribution in [2.45, 2.75) is 31.8 Å². The lowest BCUT2D eigenvalue weighted by atomic mass is 10.0. The van der Waals surface area contributed by atoms with Crippen LogP contribution in [0.1, 0.15) is 24.0 Å². The molecule has 0 radical (unpaired) electrons. The molecule has 0 aromatic heterocycles. The molecule has 1 saturated heterocycles. The molecule has 1 amide bonds. The van der Waals surface area contributed by atoms with Gasteiger partial charge in [0, 0.05) is 19.0 Å². The number of rotatable bonds is 6. The van der Waals surface area contributed by atoms with E-state index in [4.69, 9.17) is 9.47 Å². The van der Waals surface area contributed by atoms with Gasteiger partial charge in [-0.2, -0.15) is 0 Å². The van der Waals surface area contributed by atoms with Crippen LogP contribution in [-0.4, -0.2) is 31.1 Å². The van der Waals surface area contributed by atoms with Gasteiger partial charge in [0.1, 0.15) is 5.82 Å². The van der Waals surface area contributed by atoms with Crippen LogP contribution in [0.5, 0.6) is 11.5 Å². The predicted molar refractivity (Wildman–Crippen MR) is 93.2 cm³/mol. The van der Waals surface area contributed by atoms with E-state index in [-0.39, 0.29) is 17.8 Å². The zero-order valence-corrected chi connectivity index (χ0v) is 14.5. The number of halogens is 1. The summed E-state index contributed by atoms with van der Waals surface area (Å²) in [5, 5.41) is 0. The molecule has 0 bridgehead atoms. The van der Waals surface area contributed by atoms with Crippen molar-refractivity contribution in [3.63, 3.8) is 0 Å². The molecule has 0 unspecified atom stereocenters. The Bertz CT molecular complexity index is 762. The summed E-state index contributed by atoms with van der Waals surface area (Å²) in [7, 11) is 3.21. The lowest BCUT2D eigenvalue weighted by Gasteiger charge is -2.25. The molecule has 1 heterocycles. The zero-order valence-electron chi connectivity index (χ0n) is 14.5. The van der Waals surface area contributed by atoms with E-state index in [9.17, 15) is 9.18 Å². The number of hydrogen-bond donors (Lipinski definition) is 0. The van der Waals surface area contributed by atoms with Crippen LogP contribution in [0.2, 0.25) is 0 Å². The molecular formula is C20H22FNO3. The number of carbonyl (C=O) groups is 1. The second-order valence-electron chi connectivity index (χ2n) is 6.24. The van der Waals surface area contributed by atoms with Crippen molar-refractivity contribution in [2.75, 3.05) is 14.2 Å². The highest BCUT2D eigenvalue weighted by Gasteiger charge is 2.31. The quantitative estimate of drug-likeness (QED) is 0.805. The SMILES string of the molecule is COc1ccc(C[C@@H]2CCC(=O)N2Cc2cccc(F)c2)cc1OC. The summed E-state index contributed by atoms with van der Waals surface area (Å²) < 4.78 is 24.0. The number of amides is 1. The highest BCUT2D eigenvalue weighted by Crippen LogP contribution is 2.30. The van der Waals surface area contributed by atoms with E-state index in [0.29, 0.717) is 24.5 Å². The van der Waals surface area contributed by atoms with Crippen LogP contribution in [-0.2, 0) is 17.8 Å². The summed E-state index contributed by atoms with van der Waals surface area (Å²) in [6, 6.07) is 12.3. The first-order valence-electron chi connectivity index (χ1n) is 8.35. The fourth-order valence-electron chi connectivity index (χ4n) is 3.33. The molecule has 4 nitrogen and oxygen atoms in total. The van der Waals surface area contributed by atoms with Crippen LogP contribution >= 0.6 is 0 Å². The highest BCUT2D eigenvalue weighted by molar-refractivity contribution is 5.78. The van der Waals surface area contributed by atoms with Crippen molar-refractivity contribution >= 4 is 5.91 Å². The van der Waals surface area contributed by atoms with Crippen LogP contribution in [0, 0.1) is 5.82 Å². The monoisotopic (exact) mass is 343 g/mol. The molecule has 25 heavy (non-hydrogen) atoms. The summed E-state index contributed by atoms with van der Waals surface area (Å²) >= 11 is 0. The standard InChI is InChI=1S/C20H22FNO3/c1-24-18-8-6-14(12-19(18)25-2)11-17-7-9-20(23)22(17)13-15-4-3-5-16(21)10-15/h3-6,8,10,12,17H,7,9,11,13H2,1-2H3/t17-/m0/s1. The van der Waals surface area contributed by atoms with Crippen LogP contribution in [0.15, 0.2) is 42.5 Å². The molecule has 1 aliphatic rings. The average Bonchev–Trinajstić information content (AvgIpc) is 2.95. The van der Waals surface area contributed by atoms with Crippen LogP contribution in [0.3, 0.4) is 0 Å². The smallest absolute Gasteiger partial charge is 0.223 e. The van der Waals surface area contributed by atoms with E-state index >= 15 is 0 Å². The molecule has 5 heteroatoms.